The van der Waals surface area contributed by atoms with Gasteiger partial charge in [0.2, 0.25) is 11.6 Å². The van der Waals surface area contributed by atoms with E-state index < -0.39 is 53.4 Å². The van der Waals surface area contributed by atoms with Gasteiger partial charge in [-0.1, -0.05) is 0 Å². The quantitative estimate of drug-likeness (QED) is 0.587. The van der Waals surface area contributed by atoms with E-state index >= 15 is 0 Å². The second kappa shape index (κ2) is 7.02. The Kier molecular flexibility index (Phi) is 5.65. The third-order valence-electron chi connectivity index (χ3n) is 2.51. The Bertz CT molecular complexity index is 538. The summed E-state index contributed by atoms with van der Waals surface area (Å²) in [6.07, 6.45) is -0.593. The van der Waals surface area contributed by atoms with Crippen LogP contribution < -0.4 is 10.5 Å². The molecule has 0 aliphatic heterocycles. The number of benzene rings is 1. The summed E-state index contributed by atoms with van der Waals surface area (Å²) in [6.45, 7) is -0.947. The first-order valence-electron chi connectivity index (χ1n) is 5.70. The van der Waals surface area contributed by atoms with Crippen LogP contribution in [-0.4, -0.2) is 29.5 Å². The van der Waals surface area contributed by atoms with Gasteiger partial charge in [0.1, 0.15) is 6.61 Å². The van der Waals surface area contributed by atoms with Crippen LogP contribution in [0, 0.1) is 23.3 Å². The van der Waals surface area contributed by atoms with Crippen LogP contribution in [0.4, 0.5) is 17.6 Å². The molecule has 0 heterocycles. The number of ketones is 1. The lowest BCUT2D eigenvalue weighted by molar-refractivity contribution is -0.137. The molecule has 0 saturated carbocycles. The molecule has 5 nitrogen and oxygen atoms in total. The Labute approximate surface area is 116 Å². The van der Waals surface area contributed by atoms with Gasteiger partial charge >= 0.3 is 5.97 Å². The van der Waals surface area contributed by atoms with E-state index in [2.05, 4.69) is 4.74 Å². The molecule has 0 spiro atoms. The van der Waals surface area contributed by atoms with Crippen molar-refractivity contribution in [1.82, 2.24) is 0 Å². The van der Waals surface area contributed by atoms with E-state index in [0.29, 0.717) is 0 Å². The normalized spacial score (nSPS) is 12.0. The average Bonchev–Trinajstić information content (AvgIpc) is 2.42. The van der Waals surface area contributed by atoms with Crippen LogP contribution in [0.5, 0.6) is 5.75 Å². The molecule has 1 rings (SSSR count). The zero-order valence-electron chi connectivity index (χ0n) is 10.5. The Morgan fingerprint density at radius 1 is 1.19 bits per heavy atom. The highest BCUT2D eigenvalue weighted by molar-refractivity contribution is 5.85. The third-order valence-corrected chi connectivity index (χ3v) is 2.51. The number of carbonyl (C=O) groups excluding carboxylic acids is 1. The minimum Gasteiger partial charge on any atom is -0.481 e. The predicted octanol–water partition coefficient (Wildman–Crippen LogP) is 1.38. The smallest absolute Gasteiger partial charge is 0.303 e. The van der Waals surface area contributed by atoms with Gasteiger partial charge < -0.3 is 15.6 Å². The average molecular weight is 309 g/mol. The Balaban J connectivity index is 2.71. The molecule has 1 atom stereocenters. The fourth-order valence-corrected chi connectivity index (χ4v) is 1.37. The van der Waals surface area contributed by atoms with Crippen LogP contribution in [0.25, 0.3) is 0 Å². The second-order valence-electron chi connectivity index (χ2n) is 4.09. The first-order valence-corrected chi connectivity index (χ1v) is 5.70. The number of aliphatic carboxylic acids is 1. The molecular weight excluding hydrogens is 298 g/mol. The van der Waals surface area contributed by atoms with E-state index in [1.165, 1.54) is 0 Å². The van der Waals surface area contributed by atoms with Crippen LogP contribution in [0.2, 0.25) is 0 Å². The number of carboxylic acid groups (broad SMARTS) is 1. The Morgan fingerprint density at radius 3 is 2.19 bits per heavy atom. The zero-order valence-corrected chi connectivity index (χ0v) is 10.5. The van der Waals surface area contributed by atoms with Gasteiger partial charge in [0, 0.05) is 12.5 Å². The van der Waals surface area contributed by atoms with Crippen LogP contribution >= 0.6 is 0 Å². The lowest BCUT2D eigenvalue weighted by atomic mass is 10.1. The predicted molar refractivity (Wildman–Crippen MR) is 61.6 cm³/mol. The molecule has 0 amide bonds. The molecule has 21 heavy (non-hydrogen) atoms. The molecule has 0 aliphatic carbocycles. The summed E-state index contributed by atoms with van der Waals surface area (Å²) >= 11 is 0. The molecule has 9 heteroatoms. The fourth-order valence-electron chi connectivity index (χ4n) is 1.37. The lowest BCUT2D eigenvalue weighted by Crippen LogP contribution is -2.35. The van der Waals surface area contributed by atoms with Crippen molar-refractivity contribution >= 4 is 11.8 Å². The van der Waals surface area contributed by atoms with Crippen molar-refractivity contribution in [3.05, 3.63) is 29.3 Å². The molecule has 0 saturated heterocycles. The largest absolute Gasteiger partial charge is 0.481 e. The lowest BCUT2D eigenvalue weighted by Gasteiger charge is -2.12. The first kappa shape index (κ1) is 16.9. The van der Waals surface area contributed by atoms with Crippen LogP contribution in [0.1, 0.15) is 12.8 Å². The highest BCUT2D eigenvalue weighted by Crippen LogP contribution is 2.26. The molecule has 1 aromatic carbocycles. The number of hydrogen-bond acceptors (Lipinski definition) is 4. The molecule has 1 aromatic rings. The third kappa shape index (κ3) is 4.42. The van der Waals surface area contributed by atoms with Crippen molar-refractivity contribution < 1.29 is 37.0 Å². The van der Waals surface area contributed by atoms with Crippen molar-refractivity contribution in [1.29, 1.82) is 0 Å². The van der Waals surface area contributed by atoms with E-state index in [1.807, 2.05) is 0 Å². The Hall–Kier alpha value is -2.16. The van der Waals surface area contributed by atoms with Gasteiger partial charge in [0.15, 0.2) is 23.2 Å². The summed E-state index contributed by atoms with van der Waals surface area (Å²) in [5, 5.41) is 8.41. The monoisotopic (exact) mass is 309 g/mol. The number of Topliss-reactive ketones (excluding diaryl/α,β-unsaturated/α-hetero) is 1. The van der Waals surface area contributed by atoms with E-state index in [9.17, 15) is 27.2 Å². The number of halogens is 4. The van der Waals surface area contributed by atoms with Crippen molar-refractivity contribution in [3.63, 3.8) is 0 Å². The van der Waals surface area contributed by atoms with Crippen molar-refractivity contribution in [2.24, 2.45) is 5.73 Å². The molecule has 0 bridgehead atoms. The van der Waals surface area contributed by atoms with Crippen molar-refractivity contribution in [2.75, 3.05) is 6.61 Å². The summed E-state index contributed by atoms with van der Waals surface area (Å²) < 4.78 is 56.6. The molecule has 116 valence electrons. The molecule has 0 aromatic heterocycles. The first-order chi connectivity index (χ1) is 9.73. The Morgan fingerprint density at radius 2 is 1.71 bits per heavy atom. The highest BCUT2D eigenvalue weighted by Gasteiger charge is 2.23. The second-order valence-corrected chi connectivity index (χ2v) is 4.09. The van der Waals surface area contributed by atoms with E-state index in [-0.39, 0.29) is 18.9 Å². The topological polar surface area (TPSA) is 89.6 Å². The van der Waals surface area contributed by atoms with Crippen LogP contribution in [0.15, 0.2) is 6.07 Å². The van der Waals surface area contributed by atoms with Crippen molar-refractivity contribution in [2.45, 2.75) is 18.9 Å². The van der Waals surface area contributed by atoms with Gasteiger partial charge in [-0.15, -0.1) is 0 Å². The SMILES string of the molecule is NC(CCC(=O)O)C(=O)COc1c(F)c(F)cc(F)c1F. The number of carboxylic acids is 1. The van der Waals surface area contributed by atoms with E-state index in [4.69, 9.17) is 10.8 Å². The number of rotatable bonds is 7. The van der Waals surface area contributed by atoms with Crippen LogP contribution in [-0.2, 0) is 9.59 Å². The van der Waals surface area contributed by atoms with Gasteiger partial charge in [-0.05, 0) is 6.42 Å². The summed E-state index contributed by atoms with van der Waals surface area (Å²) in [7, 11) is 0. The number of nitrogens with two attached hydrogens (primary N) is 1. The fraction of sp³-hybridized carbons (Fsp3) is 0.333. The van der Waals surface area contributed by atoms with Gasteiger partial charge in [-0.25, -0.2) is 8.78 Å². The molecule has 0 fully saturated rings. The summed E-state index contributed by atoms with van der Waals surface area (Å²) in [4.78, 5) is 21.7. The van der Waals surface area contributed by atoms with Gasteiger partial charge in [0.05, 0.1) is 6.04 Å². The van der Waals surface area contributed by atoms with E-state index in [1.54, 1.807) is 0 Å². The molecular formula is C12H11F4NO4. The van der Waals surface area contributed by atoms with Gasteiger partial charge in [-0.2, -0.15) is 8.78 Å². The van der Waals surface area contributed by atoms with Gasteiger partial charge in [-0.3, -0.25) is 9.59 Å². The minimum absolute atomic E-state index is 0.00204. The standard InChI is InChI=1S/C12H11F4NO4/c13-5-3-6(14)11(16)12(10(5)15)21-4-8(18)7(17)1-2-9(19)20/h3,7H,1-2,4,17H2,(H,19,20). The highest BCUT2D eigenvalue weighted by atomic mass is 19.2. The van der Waals surface area contributed by atoms with Crippen molar-refractivity contribution in [3.8, 4) is 5.75 Å². The number of ether oxygens (including phenoxy) is 1. The molecule has 0 radical (unpaired) electrons. The number of carbonyl (C=O) groups is 2. The summed E-state index contributed by atoms with van der Waals surface area (Å²) in [5.74, 6) is -10.3. The minimum atomic E-state index is -1.78. The zero-order chi connectivity index (χ0) is 16.2. The maximum atomic E-state index is 13.2. The van der Waals surface area contributed by atoms with E-state index in [0.717, 1.165) is 0 Å². The molecule has 1 unspecified atom stereocenters. The molecule has 3 N–H and O–H groups in total. The summed E-state index contributed by atoms with van der Waals surface area (Å²) in [5.41, 5.74) is 5.34. The summed E-state index contributed by atoms with van der Waals surface area (Å²) in [6, 6.07) is -1.23. The molecule has 0 aliphatic rings. The number of hydrogen-bond donors (Lipinski definition) is 2. The maximum absolute atomic E-state index is 13.2. The van der Waals surface area contributed by atoms with Gasteiger partial charge in [0.25, 0.3) is 0 Å². The van der Waals surface area contributed by atoms with Crippen LogP contribution in [0.3, 0.4) is 0 Å². The maximum Gasteiger partial charge on any atom is 0.303 e.